The molecule has 3 N–H and O–H groups in total. The molecule has 1 atom stereocenters. The molecule has 5 heteroatoms. The number of piperidine rings is 1. The van der Waals surface area contributed by atoms with Crippen LogP contribution in [-0.2, 0) is 10.0 Å². The first-order valence-corrected chi connectivity index (χ1v) is 6.98. The van der Waals surface area contributed by atoms with Gasteiger partial charge in [-0.15, -0.1) is 0 Å². The van der Waals surface area contributed by atoms with E-state index in [0.29, 0.717) is 6.04 Å². The fraction of sp³-hybridized carbons (Fsp3) is 0.455. The zero-order valence-corrected chi connectivity index (χ0v) is 9.83. The summed E-state index contributed by atoms with van der Waals surface area (Å²) < 4.78 is 22.2. The Kier molecular flexibility index (Phi) is 3.28. The Morgan fingerprint density at radius 3 is 2.38 bits per heavy atom. The van der Waals surface area contributed by atoms with Crippen LogP contribution in [0, 0.1) is 0 Å². The number of rotatable bonds is 2. The molecule has 0 aromatic heterocycles. The maximum absolute atomic E-state index is 11.1. The van der Waals surface area contributed by atoms with E-state index in [4.69, 9.17) is 5.14 Å². The minimum Gasteiger partial charge on any atom is -0.310 e. The fourth-order valence-corrected chi connectivity index (χ4v) is 2.54. The predicted molar refractivity (Wildman–Crippen MR) is 62.4 cm³/mol. The number of primary sulfonamides is 1. The molecule has 1 aliphatic heterocycles. The summed E-state index contributed by atoms with van der Waals surface area (Å²) >= 11 is 0. The van der Waals surface area contributed by atoms with Crippen LogP contribution in [0.4, 0.5) is 0 Å². The van der Waals surface area contributed by atoms with Crippen LogP contribution in [0.15, 0.2) is 29.2 Å². The van der Waals surface area contributed by atoms with Crippen molar-refractivity contribution in [2.24, 2.45) is 5.14 Å². The van der Waals surface area contributed by atoms with Crippen LogP contribution >= 0.6 is 0 Å². The van der Waals surface area contributed by atoms with E-state index in [1.165, 1.54) is 12.8 Å². The van der Waals surface area contributed by atoms with E-state index in [1.54, 1.807) is 12.1 Å². The van der Waals surface area contributed by atoms with E-state index in [2.05, 4.69) is 5.32 Å². The number of sulfonamides is 1. The Hall–Kier alpha value is -0.910. The van der Waals surface area contributed by atoms with Crippen LogP contribution in [-0.4, -0.2) is 15.0 Å². The van der Waals surface area contributed by atoms with Gasteiger partial charge in [-0.1, -0.05) is 18.6 Å². The van der Waals surface area contributed by atoms with Crippen molar-refractivity contribution in [3.8, 4) is 0 Å². The van der Waals surface area contributed by atoms with E-state index in [1.807, 2.05) is 12.1 Å². The van der Waals surface area contributed by atoms with E-state index in [0.717, 1.165) is 18.5 Å². The van der Waals surface area contributed by atoms with Gasteiger partial charge in [-0.25, -0.2) is 13.6 Å². The molecule has 0 unspecified atom stereocenters. The maximum atomic E-state index is 11.1. The van der Waals surface area contributed by atoms with Gasteiger partial charge in [0, 0.05) is 6.04 Å². The molecule has 1 aromatic rings. The lowest BCUT2D eigenvalue weighted by atomic mass is 9.98. The predicted octanol–water partition coefficient (Wildman–Crippen LogP) is 1.15. The molecule has 0 amide bonds. The molecule has 16 heavy (non-hydrogen) atoms. The van der Waals surface area contributed by atoms with Gasteiger partial charge in [0.2, 0.25) is 10.0 Å². The molecule has 88 valence electrons. The van der Waals surface area contributed by atoms with Crippen molar-refractivity contribution in [2.75, 3.05) is 6.54 Å². The standard InChI is InChI=1S/C11H16N2O2S/c12-16(14,15)10-6-4-9(5-7-10)11-3-1-2-8-13-11/h4-7,11,13H,1-3,8H2,(H2,12,14,15)/t11-/m0/s1. The smallest absolute Gasteiger partial charge is 0.238 e. The van der Waals surface area contributed by atoms with Gasteiger partial charge in [-0.05, 0) is 37.1 Å². The molecule has 0 bridgehead atoms. The Labute approximate surface area is 95.9 Å². The van der Waals surface area contributed by atoms with Crippen LogP contribution in [0.3, 0.4) is 0 Å². The van der Waals surface area contributed by atoms with Crippen molar-refractivity contribution in [3.05, 3.63) is 29.8 Å². The summed E-state index contributed by atoms with van der Waals surface area (Å²) in [7, 11) is -3.57. The topological polar surface area (TPSA) is 72.2 Å². The van der Waals surface area contributed by atoms with E-state index < -0.39 is 10.0 Å². The number of nitrogens with one attached hydrogen (secondary N) is 1. The quantitative estimate of drug-likeness (QED) is 0.814. The third kappa shape index (κ3) is 2.61. The van der Waals surface area contributed by atoms with Gasteiger partial charge in [0.15, 0.2) is 0 Å². The lowest BCUT2D eigenvalue weighted by Gasteiger charge is -2.23. The highest BCUT2D eigenvalue weighted by Gasteiger charge is 2.15. The summed E-state index contributed by atoms with van der Waals surface area (Å²) in [6.45, 7) is 1.03. The number of nitrogens with two attached hydrogens (primary N) is 1. The van der Waals surface area contributed by atoms with Gasteiger partial charge in [0.1, 0.15) is 0 Å². The van der Waals surface area contributed by atoms with Crippen molar-refractivity contribution in [1.82, 2.24) is 5.32 Å². The Morgan fingerprint density at radius 2 is 1.88 bits per heavy atom. The molecular formula is C11H16N2O2S. The van der Waals surface area contributed by atoms with Crippen LogP contribution in [0.5, 0.6) is 0 Å². The Morgan fingerprint density at radius 1 is 1.19 bits per heavy atom. The van der Waals surface area contributed by atoms with Crippen LogP contribution in [0.25, 0.3) is 0 Å². The van der Waals surface area contributed by atoms with E-state index in [9.17, 15) is 8.42 Å². The summed E-state index contributed by atoms with van der Waals surface area (Å²) in [5.74, 6) is 0. The molecule has 1 saturated heterocycles. The summed E-state index contributed by atoms with van der Waals surface area (Å²) in [6.07, 6.45) is 3.54. The molecule has 0 saturated carbocycles. The highest BCUT2D eigenvalue weighted by atomic mass is 32.2. The van der Waals surface area contributed by atoms with Gasteiger partial charge in [-0.2, -0.15) is 0 Å². The molecule has 1 aliphatic rings. The molecule has 1 fully saturated rings. The Balaban J connectivity index is 2.18. The number of hydrogen-bond donors (Lipinski definition) is 2. The first-order chi connectivity index (χ1) is 7.57. The fourth-order valence-electron chi connectivity index (χ4n) is 2.03. The molecule has 4 nitrogen and oxygen atoms in total. The average Bonchev–Trinajstić information content (AvgIpc) is 2.29. The van der Waals surface area contributed by atoms with Crippen molar-refractivity contribution >= 4 is 10.0 Å². The normalized spacial score (nSPS) is 21.9. The van der Waals surface area contributed by atoms with E-state index in [-0.39, 0.29) is 4.90 Å². The van der Waals surface area contributed by atoms with Gasteiger partial charge in [-0.3, -0.25) is 0 Å². The van der Waals surface area contributed by atoms with Crippen molar-refractivity contribution < 1.29 is 8.42 Å². The maximum Gasteiger partial charge on any atom is 0.238 e. The first-order valence-electron chi connectivity index (χ1n) is 5.43. The third-order valence-corrected chi connectivity index (χ3v) is 3.85. The zero-order valence-electron chi connectivity index (χ0n) is 9.02. The highest BCUT2D eigenvalue weighted by molar-refractivity contribution is 7.89. The summed E-state index contributed by atoms with van der Waals surface area (Å²) in [6, 6.07) is 7.16. The lowest BCUT2D eigenvalue weighted by molar-refractivity contribution is 0.412. The first kappa shape index (κ1) is 11.6. The molecule has 0 aliphatic carbocycles. The second kappa shape index (κ2) is 4.53. The number of hydrogen-bond acceptors (Lipinski definition) is 3. The van der Waals surface area contributed by atoms with Gasteiger partial charge in [0.25, 0.3) is 0 Å². The second-order valence-corrected chi connectivity index (χ2v) is 5.68. The van der Waals surface area contributed by atoms with Crippen molar-refractivity contribution in [2.45, 2.75) is 30.2 Å². The lowest BCUT2D eigenvalue weighted by Crippen LogP contribution is -2.26. The molecule has 1 aromatic carbocycles. The number of benzene rings is 1. The molecular weight excluding hydrogens is 224 g/mol. The van der Waals surface area contributed by atoms with Gasteiger partial charge < -0.3 is 5.32 Å². The largest absolute Gasteiger partial charge is 0.310 e. The molecule has 1 heterocycles. The third-order valence-electron chi connectivity index (χ3n) is 2.92. The molecule has 2 rings (SSSR count). The minimum absolute atomic E-state index is 0.173. The van der Waals surface area contributed by atoms with Gasteiger partial charge >= 0.3 is 0 Å². The minimum atomic E-state index is -3.57. The molecule has 0 spiro atoms. The summed E-state index contributed by atoms with van der Waals surface area (Å²) in [5.41, 5.74) is 1.13. The Bertz CT molecular complexity index is 447. The van der Waals surface area contributed by atoms with Crippen molar-refractivity contribution in [3.63, 3.8) is 0 Å². The summed E-state index contributed by atoms with van der Waals surface area (Å²) in [5, 5.41) is 8.45. The SMILES string of the molecule is NS(=O)(=O)c1ccc([C@@H]2CCCCN2)cc1. The van der Waals surface area contributed by atoms with Crippen molar-refractivity contribution in [1.29, 1.82) is 0 Å². The van der Waals surface area contributed by atoms with Gasteiger partial charge in [0.05, 0.1) is 4.90 Å². The molecule has 0 radical (unpaired) electrons. The van der Waals surface area contributed by atoms with Crippen LogP contribution in [0.2, 0.25) is 0 Å². The second-order valence-electron chi connectivity index (χ2n) is 4.12. The van der Waals surface area contributed by atoms with Crippen LogP contribution < -0.4 is 10.5 Å². The summed E-state index contributed by atoms with van der Waals surface area (Å²) in [4.78, 5) is 0.173. The zero-order chi connectivity index (χ0) is 11.6. The average molecular weight is 240 g/mol. The van der Waals surface area contributed by atoms with Crippen LogP contribution in [0.1, 0.15) is 30.9 Å². The highest BCUT2D eigenvalue weighted by Crippen LogP contribution is 2.23. The van der Waals surface area contributed by atoms with E-state index >= 15 is 0 Å². The monoisotopic (exact) mass is 240 g/mol.